The minimum absolute atomic E-state index is 0.284. The van der Waals surface area contributed by atoms with Crippen LogP contribution in [0.25, 0.3) is 0 Å². The Morgan fingerprint density at radius 1 is 1.39 bits per heavy atom. The summed E-state index contributed by atoms with van der Waals surface area (Å²) in [6, 6.07) is 7.55. The van der Waals surface area contributed by atoms with Crippen LogP contribution in [0.4, 0.5) is 10.5 Å². The molecule has 0 unspecified atom stereocenters. The molecule has 0 aliphatic rings. The summed E-state index contributed by atoms with van der Waals surface area (Å²) in [6.45, 7) is -0.421. The highest BCUT2D eigenvalue weighted by atomic mass is 16.4. The van der Waals surface area contributed by atoms with Crippen molar-refractivity contribution in [3.63, 3.8) is 0 Å². The van der Waals surface area contributed by atoms with Crippen molar-refractivity contribution in [3.05, 3.63) is 29.8 Å². The minimum Gasteiger partial charge on any atom is -0.479 e. The molecule has 18 heavy (non-hydrogen) atoms. The van der Waals surface area contributed by atoms with Crippen molar-refractivity contribution in [2.24, 2.45) is 0 Å². The Balaban J connectivity index is 2.55. The highest BCUT2D eigenvalue weighted by molar-refractivity contribution is 5.91. The van der Waals surface area contributed by atoms with Gasteiger partial charge in [0.1, 0.15) is 6.07 Å². The van der Waals surface area contributed by atoms with Gasteiger partial charge < -0.3 is 20.8 Å². The number of aliphatic hydroxyl groups is 1. The Hall–Kier alpha value is -2.59. The number of carbonyl (C=O) groups excluding carboxylic acids is 1. The first-order valence-corrected chi connectivity index (χ1v) is 4.99. The van der Waals surface area contributed by atoms with Gasteiger partial charge in [-0.05, 0) is 12.1 Å². The molecule has 7 heteroatoms. The van der Waals surface area contributed by atoms with Crippen molar-refractivity contribution in [1.82, 2.24) is 5.32 Å². The molecule has 0 saturated heterocycles. The minimum atomic E-state index is -1.66. The van der Waals surface area contributed by atoms with Gasteiger partial charge in [0.25, 0.3) is 0 Å². The molecule has 0 bridgehead atoms. The molecule has 1 rings (SSSR count). The molecule has 0 aliphatic heterocycles. The number of hydrogen-bond donors (Lipinski definition) is 4. The zero-order valence-electron chi connectivity index (χ0n) is 9.25. The van der Waals surface area contributed by atoms with Crippen molar-refractivity contribution >= 4 is 17.7 Å². The van der Waals surface area contributed by atoms with E-state index in [2.05, 4.69) is 10.6 Å². The zero-order chi connectivity index (χ0) is 13.5. The largest absolute Gasteiger partial charge is 0.479 e. The summed E-state index contributed by atoms with van der Waals surface area (Å²) in [5, 5.41) is 30.7. The molecule has 94 valence electrons. The summed E-state index contributed by atoms with van der Waals surface area (Å²) in [5.74, 6) is -1.42. The van der Waals surface area contributed by atoms with E-state index in [-0.39, 0.29) is 5.56 Å². The van der Waals surface area contributed by atoms with Crippen LogP contribution in [0.5, 0.6) is 0 Å². The molecule has 0 fully saturated rings. The van der Waals surface area contributed by atoms with Gasteiger partial charge in [0.15, 0.2) is 6.10 Å². The lowest BCUT2D eigenvalue weighted by atomic mass is 10.2. The van der Waals surface area contributed by atoms with E-state index >= 15 is 0 Å². The van der Waals surface area contributed by atoms with E-state index in [0.717, 1.165) is 0 Å². The molecule has 1 atom stereocenters. The Labute approximate surface area is 103 Å². The Bertz CT molecular complexity index is 495. The smallest absolute Gasteiger partial charge is 0.334 e. The highest BCUT2D eigenvalue weighted by Gasteiger charge is 2.14. The van der Waals surface area contributed by atoms with Crippen LogP contribution in [0.2, 0.25) is 0 Å². The van der Waals surface area contributed by atoms with E-state index in [1.807, 2.05) is 6.07 Å². The first-order valence-electron chi connectivity index (χ1n) is 4.99. The van der Waals surface area contributed by atoms with Crippen LogP contribution in [-0.4, -0.2) is 34.9 Å². The number of urea groups is 1. The quantitative estimate of drug-likeness (QED) is 0.603. The van der Waals surface area contributed by atoms with E-state index in [4.69, 9.17) is 15.5 Å². The Morgan fingerprint density at radius 2 is 2.06 bits per heavy atom. The third-order valence-corrected chi connectivity index (χ3v) is 2.04. The van der Waals surface area contributed by atoms with E-state index in [0.29, 0.717) is 5.69 Å². The lowest BCUT2D eigenvalue weighted by Crippen LogP contribution is -2.38. The molecule has 0 aromatic heterocycles. The van der Waals surface area contributed by atoms with Crippen LogP contribution in [0.3, 0.4) is 0 Å². The summed E-state index contributed by atoms with van der Waals surface area (Å²) in [7, 11) is 0. The number of carbonyl (C=O) groups is 2. The van der Waals surface area contributed by atoms with Crippen molar-refractivity contribution in [2.45, 2.75) is 6.10 Å². The summed E-state index contributed by atoms with van der Waals surface area (Å²) < 4.78 is 0. The highest BCUT2D eigenvalue weighted by Crippen LogP contribution is 2.12. The predicted octanol–water partition coefficient (Wildman–Crippen LogP) is 0.125. The normalized spacial score (nSPS) is 11.1. The van der Waals surface area contributed by atoms with Crippen LogP contribution < -0.4 is 10.6 Å². The van der Waals surface area contributed by atoms with E-state index < -0.39 is 24.6 Å². The fraction of sp³-hybridized carbons (Fsp3) is 0.182. The molecule has 7 nitrogen and oxygen atoms in total. The second-order valence-electron chi connectivity index (χ2n) is 3.35. The van der Waals surface area contributed by atoms with Gasteiger partial charge in [0, 0.05) is 0 Å². The number of carboxylic acid groups (broad SMARTS) is 1. The molecule has 2 amide bonds. The molecule has 0 heterocycles. The van der Waals surface area contributed by atoms with Gasteiger partial charge in [-0.1, -0.05) is 12.1 Å². The average Bonchev–Trinajstić information content (AvgIpc) is 2.36. The third-order valence-electron chi connectivity index (χ3n) is 2.04. The lowest BCUT2D eigenvalue weighted by molar-refractivity contribution is -0.146. The van der Waals surface area contributed by atoms with E-state index in [1.54, 1.807) is 12.1 Å². The molecule has 0 radical (unpaired) electrons. The van der Waals surface area contributed by atoms with Gasteiger partial charge in [-0.3, -0.25) is 0 Å². The number of para-hydroxylation sites is 1. The number of aliphatic hydroxyl groups excluding tert-OH is 1. The maximum atomic E-state index is 11.4. The summed E-state index contributed by atoms with van der Waals surface area (Å²) >= 11 is 0. The summed E-state index contributed by atoms with van der Waals surface area (Å²) in [4.78, 5) is 21.7. The summed E-state index contributed by atoms with van der Waals surface area (Å²) in [5.41, 5.74) is 0.591. The predicted molar refractivity (Wildman–Crippen MR) is 61.8 cm³/mol. The fourth-order valence-electron chi connectivity index (χ4n) is 1.13. The molecule has 0 saturated carbocycles. The number of nitrogens with one attached hydrogen (secondary N) is 2. The van der Waals surface area contributed by atoms with Crippen molar-refractivity contribution in [3.8, 4) is 6.07 Å². The van der Waals surface area contributed by atoms with E-state index in [9.17, 15) is 9.59 Å². The van der Waals surface area contributed by atoms with Gasteiger partial charge >= 0.3 is 12.0 Å². The number of aliphatic carboxylic acids is 1. The van der Waals surface area contributed by atoms with Gasteiger partial charge in [-0.2, -0.15) is 5.26 Å². The molecule has 1 aromatic carbocycles. The average molecular weight is 249 g/mol. The van der Waals surface area contributed by atoms with Crippen LogP contribution in [0, 0.1) is 11.3 Å². The van der Waals surface area contributed by atoms with Crippen LogP contribution in [-0.2, 0) is 4.79 Å². The molecular weight excluding hydrogens is 238 g/mol. The van der Waals surface area contributed by atoms with Crippen molar-refractivity contribution in [2.75, 3.05) is 11.9 Å². The maximum Gasteiger partial charge on any atom is 0.334 e. The van der Waals surface area contributed by atoms with Crippen molar-refractivity contribution in [1.29, 1.82) is 5.26 Å². The molecule has 1 aromatic rings. The third kappa shape index (κ3) is 3.77. The molecule has 0 spiro atoms. The molecular formula is C11H11N3O4. The van der Waals surface area contributed by atoms with Gasteiger partial charge in [0.05, 0.1) is 17.8 Å². The van der Waals surface area contributed by atoms with Crippen molar-refractivity contribution < 1.29 is 19.8 Å². The first-order chi connectivity index (χ1) is 8.54. The summed E-state index contributed by atoms with van der Waals surface area (Å²) in [6.07, 6.45) is -1.66. The second kappa shape index (κ2) is 6.22. The van der Waals surface area contributed by atoms with Gasteiger partial charge in [-0.25, -0.2) is 9.59 Å². The van der Waals surface area contributed by atoms with Gasteiger partial charge in [-0.15, -0.1) is 0 Å². The van der Waals surface area contributed by atoms with Crippen LogP contribution in [0.15, 0.2) is 24.3 Å². The number of anilines is 1. The van der Waals surface area contributed by atoms with E-state index in [1.165, 1.54) is 12.1 Å². The lowest BCUT2D eigenvalue weighted by Gasteiger charge is -2.10. The maximum absolute atomic E-state index is 11.4. The molecule has 0 aliphatic carbocycles. The zero-order valence-corrected chi connectivity index (χ0v) is 9.25. The molecule has 4 N–H and O–H groups in total. The number of carboxylic acids is 1. The SMILES string of the molecule is N#Cc1ccccc1NC(=O)NC[C@H](O)C(=O)O. The van der Waals surface area contributed by atoms with Crippen LogP contribution in [0.1, 0.15) is 5.56 Å². The number of nitriles is 1. The first kappa shape index (κ1) is 13.5. The number of amides is 2. The fourth-order valence-corrected chi connectivity index (χ4v) is 1.13. The standard InChI is InChI=1S/C11H11N3O4/c12-5-7-3-1-2-4-8(7)14-11(18)13-6-9(15)10(16)17/h1-4,9,15H,6H2,(H,16,17)(H2,13,14,18)/t9-/m0/s1. The number of nitrogens with zero attached hydrogens (tertiary/aromatic N) is 1. The topological polar surface area (TPSA) is 122 Å². The number of hydrogen-bond acceptors (Lipinski definition) is 4. The second-order valence-corrected chi connectivity index (χ2v) is 3.35. The number of benzene rings is 1. The Morgan fingerprint density at radius 3 is 2.67 bits per heavy atom. The van der Waals surface area contributed by atoms with Crippen LogP contribution >= 0.6 is 0 Å². The number of rotatable bonds is 4. The Kier molecular flexibility index (Phi) is 4.66. The van der Waals surface area contributed by atoms with Gasteiger partial charge in [0.2, 0.25) is 0 Å². The monoisotopic (exact) mass is 249 g/mol.